The number of aliphatic hydroxyl groups is 1. The van der Waals surface area contributed by atoms with Gasteiger partial charge in [0.15, 0.2) is 0 Å². The lowest BCUT2D eigenvalue weighted by atomic mass is 9.48. The zero-order chi connectivity index (χ0) is 16.3. The molecule has 0 atom stereocenters. The van der Waals surface area contributed by atoms with Crippen LogP contribution in [0.25, 0.3) is 11.1 Å². The fourth-order valence-corrected chi connectivity index (χ4v) is 6.43. The number of hydrogen-bond donors (Lipinski definition) is 1. The van der Waals surface area contributed by atoms with E-state index in [2.05, 4.69) is 30.3 Å². The highest BCUT2D eigenvalue weighted by Gasteiger charge is 2.58. The van der Waals surface area contributed by atoms with Gasteiger partial charge < -0.3 is 5.11 Å². The van der Waals surface area contributed by atoms with E-state index in [0.717, 1.165) is 33.5 Å². The van der Waals surface area contributed by atoms with Crippen LogP contribution in [0.5, 0.6) is 0 Å². The van der Waals surface area contributed by atoms with E-state index in [4.69, 9.17) is 11.6 Å². The summed E-state index contributed by atoms with van der Waals surface area (Å²) in [6.45, 7) is 0. The molecular formula is C22H23ClO. The van der Waals surface area contributed by atoms with E-state index in [1.165, 1.54) is 32.1 Å². The van der Waals surface area contributed by atoms with Gasteiger partial charge in [-0.25, -0.2) is 0 Å². The van der Waals surface area contributed by atoms with Crippen molar-refractivity contribution in [1.82, 2.24) is 0 Å². The topological polar surface area (TPSA) is 20.2 Å². The minimum absolute atomic E-state index is 0.371. The molecule has 2 heteroatoms. The number of rotatable bonds is 2. The summed E-state index contributed by atoms with van der Waals surface area (Å²) in [4.78, 5) is 0. The van der Waals surface area contributed by atoms with Crippen molar-refractivity contribution in [3.63, 3.8) is 0 Å². The summed E-state index contributed by atoms with van der Waals surface area (Å²) in [7, 11) is 0. The maximum atomic E-state index is 12.0. The Hall–Kier alpha value is -1.31. The van der Waals surface area contributed by atoms with E-state index in [1.807, 2.05) is 18.2 Å². The maximum Gasteiger partial charge on any atom is 0.0973 e. The molecular weight excluding hydrogens is 316 g/mol. The molecule has 1 N–H and O–H groups in total. The van der Waals surface area contributed by atoms with Gasteiger partial charge in [0.25, 0.3) is 0 Å². The third-order valence-corrected chi connectivity index (χ3v) is 7.20. The molecule has 0 unspecified atom stereocenters. The third kappa shape index (κ3) is 2.04. The monoisotopic (exact) mass is 338 g/mol. The Morgan fingerprint density at radius 3 is 2.04 bits per heavy atom. The molecule has 0 aliphatic heterocycles. The lowest BCUT2D eigenvalue weighted by Gasteiger charge is -2.59. The first-order valence-electron chi connectivity index (χ1n) is 9.23. The number of benzene rings is 2. The Morgan fingerprint density at radius 2 is 1.42 bits per heavy atom. The van der Waals surface area contributed by atoms with Crippen LogP contribution < -0.4 is 0 Å². The Balaban J connectivity index is 1.69. The second kappa shape index (κ2) is 5.34. The van der Waals surface area contributed by atoms with Crippen LogP contribution in [0.1, 0.15) is 37.7 Å². The van der Waals surface area contributed by atoms with E-state index in [1.54, 1.807) is 0 Å². The molecule has 0 radical (unpaired) electrons. The maximum absolute atomic E-state index is 12.0. The van der Waals surface area contributed by atoms with Crippen LogP contribution in [0.15, 0.2) is 48.5 Å². The highest BCUT2D eigenvalue weighted by atomic mass is 35.5. The Morgan fingerprint density at radius 1 is 0.792 bits per heavy atom. The molecule has 2 aromatic rings. The van der Waals surface area contributed by atoms with Crippen LogP contribution in [0, 0.1) is 23.7 Å². The highest BCUT2D eigenvalue weighted by molar-refractivity contribution is 6.32. The lowest BCUT2D eigenvalue weighted by molar-refractivity contribution is -0.179. The van der Waals surface area contributed by atoms with Crippen molar-refractivity contribution in [2.24, 2.45) is 23.7 Å². The average molecular weight is 339 g/mol. The summed E-state index contributed by atoms with van der Waals surface area (Å²) < 4.78 is 0. The number of halogens is 1. The van der Waals surface area contributed by atoms with Crippen molar-refractivity contribution < 1.29 is 5.11 Å². The molecule has 6 rings (SSSR count). The van der Waals surface area contributed by atoms with Crippen molar-refractivity contribution in [2.75, 3.05) is 0 Å². The minimum Gasteiger partial charge on any atom is -0.385 e. The molecule has 0 aromatic heterocycles. The molecule has 4 fully saturated rings. The largest absolute Gasteiger partial charge is 0.385 e. The quantitative estimate of drug-likeness (QED) is 0.750. The standard InChI is InChI=1S/C22H23ClO/c23-20-8-4-7-19(16-5-2-1-3-6-16)21(20)22(24)17-10-14-9-15(12-17)13-18(22)11-14/h1-8,14-15,17-18,24H,9-13H2. The van der Waals surface area contributed by atoms with Gasteiger partial charge in [-0.05, 0) is 73.0 Å². The fraction of sp³-hybridized carbons (Fsp3) is 0.455. The highest BCUT2D eigenvalue weighted by Crippen LogP contribution is 2.63. The average Bonchev–Trinajstić information content (AvgIpc) is 2.59. The van der Waals surface area contributed by atoms with Crippen LogP contribution in [-0.2, 0) is 5.60 Å². The van der Waals surface area contributed by atoms with Crippen molar-refractivity contribution in [2.45, 2.75) is 37.7 Å². The molecule has 0 saturated heterocycles. The molecule has 4 saturated carbocycles. The summed E-state index contributed by atoms with van der Waals surface area (Å²) in [6, 6.07) is 16.5. The molecule has 1 nitrogen and oxygen atoms in total. The Labute approximate surface area is 148 Å². The van der Waals surface area contributed by atoms with Crippen LogP contribution in [0.3, 0.4) is 0 Å². The van der Waals surface area contributed by atoms with E-state index < -0.39 is 5.60 Å². The molecule has 0 spiro atoms. The normalized spacial score (nSPS) is 36.9. The Bertz CT molecular complexity index is 739. The van der Waals surface area contributed by atoms with Crippen molar-refractivity contribution in [1.29, 1.82) is 0 Å². The zero-order valence-electron chi connectivity index (χ0n) is 13.8. The van der Waals surface area contributed by atoms with Crippen molar-refractivity contribution in [3.05, 3.63) is 59.1 Å². The first-order chi connectivity index (χ1) is 11.7. The van der Waals surface area contributed by atoms with Crippen LogP contribution in [-0.4, -0.2) is 5.11 Å². The van der Waals surface area contributed by atoms with Gasteiger partial charge in [0.2, 0.25) is 0 Å². The van der Waals surface area contributed by atoms with Crippen LogP contribution in [0.2, 0.25) is 5.02 Å². The molecule has 24 heavy (non-hydrogen) atoms. The minimum atomic E-state index is -0.753. The van der Waals surface area contributed by atoms with Gasteiger partial charge in [0.05, 0.1) is 5.60 Å². The second-order valence-corrected chi connectivity index (χ2v) is 8.57. The van der Waals surface area contributed by atoms with Gasteiger partial charge in [0.1, 0.15) is 0 Å². The van der Waals surface area contributed by atoms with E-state index in [0.29, 0.717) is 11.8 Å². The summed E-state index contributed by atoms with van der Waals surface area (Å²) in [6.07, 6.45) is 6.06. The predicted octanol–water partition coefficient (Wildman–Crippen LogP) is 5.65. The third-order valence-electron chi connectivity index (χ3n) is 6.88. The summed E-state index contributed by atoms with van der Waals surface area (Å²) in [5.41, 5.74) is 2.50. The molecule has 124 valence electrons. The first-order valence-corrected chi connectivity index (χ1v) is 9.61. The van der Waals surface area contributed by atoms with Gasteiger partial charge in [0, 0.05) is 10.6 Å². The summed E-state index contributed by atoms with van der Waals surface area (Å²) >= 11 is 6.70. The fourth-order valence-electron chi connectivity index (χ4n) is 6.10. The molecule has 0 amide bonds. The molecule has 4 bridgehead atoms. The molecule has 4 aliphatic carbocycles. The molecule has 2 aromatic carbocycles. The smallest absolute Gasteiger partial charge is 0.0973 e. The Kier molecular flexibility index (Phi) is 3.34. The van der Waals surface area contributed by atoms with Gasteiger partial charge >= 0.3 is 0 Å². The van der Waals surface area contributed by atoms with Crippen molar-refractivity contribution >= 4 is 11.6 Å². The van der Waals surface area contributed by atoms with E-state index >= 15 is 0 Å². The van der Waals surface area contributed by atoms with Crippen molar-refractivity contribution in [3.8, 4) is 11.1 Å². The number of hydrogen-bond acceptors (Lipinski definition) is 1. The SMILES string of the molecule is OC1(c2c(Cl)cccc2-c2ccccc2)C2CC3CC(C2)CC1C3. The van der Waals surface area contributed by atoms with Gasteiger partial charge in [-0.2, -0.15) is 0 Å². The first kappa shape index (κ1) is 15.0. The molecule has 4 aliphatic rings. The van der Waals surface area contributed by atoms with Gasteiger partial charge in [-0.15, -0.1) is 0 Å². The lowest BCUT2D eigenvalue weighted by Crippen LogP contribution is -2.55. The summed E-state index contributed by atoms with van der Waals surface area (Å²) in [5.74, 6) is 2.40. The second-order valence-electron chi connectivity index (χ2n) is 8.16. The van der Waals surface area contributed by atoms with Crippen LogP contribution >= 0.6 is 11.6 Å². The molecule has 0 heterocycles. The van der Waals surface area contributed by atoms with Gasteiger partial charge in [-0.3, -0.25) is 0 Å². The summed E-state index contributed by atoms with van der Waals surface area (Å²) in [5, 5.41) is 12.7. The predicted molar refractivity (Wildman–Crippen MR) is 97.8 cm³/mol. The van der Waals surface area contributed by atoms with Gasteiger partial charge in [-0.1, -0.05) is 54.1 Å². The van der Waals surface area contributed by atoms with E-state index in [9.17, 15) is 5.11 Å². The zero-order valence-corrected chi connectivity index (χ0v) is 14.5. The van der Waals surface area contributed by atoms with Crippen LogP contribution in [0.4, 0.5) is 0 Å². The van der Waals surface area contributed by atoms with E-state index in [-0.39, 0.29) is 0 Å².